The van der Waals surface area contributed by atoms with E-state index < -0.39 is 0 Å². The van der Waals surface area contributed by atoms with Crippen molar-refractivity contribution in [3.8, 4) is 6.07 Å². The SMILES string of the molecule is N#CC1=CCC2C(=C1)COC2c1ccc(F)cc1. The standard InChI is InChI=1S/C15H12FNO/c16-13-4-2-11(3-5-13)15-14-6-1-10(8-17)7-12(14)9-18-15/h1-5,7,14-15H,6,9H2. The molecular weight excluding hydrogens is 229 g/mol. The number of fused-ring (bicyclic) bond motifs is 1. The zero-order chi connectivity index (χ0) is 12.5. The number of allylic oxidation sites excluding steroid dienone is 3. The van der Waals surface area contributed by atoms with Crippen LogP contribution in [0, 0.1) is 23.1 Å². The molecule has 3 heteroatoms. The van der Waals surface area contributed by atoms with Crippen molar-refractivity contribution in [1.82, 2.24) is 0 Å². The quantitative estimate of drug-likeness (QED) is 0.755. The van der Waals surface area contributed by atoms with Gasteiger partial charge in [0.25, 0.3) is 0 Å². The second kappa shape index (κ2) is 4.40. The largest absolute Gasteiger partial charge is 0.369 e. The van der Waals surface area contributed by atoms with Crippen LogP contribution in [-0.4, -0.2) is 6.61 Å². The van der Waals surface area contributed by atoms with E-state index in [-0.39, 0.29) is 17.8 Å². The minimum atomic E-state index is -0.234. The van der Waals surface area contributed by atoms with Gasteiger partial charge in [-0.05, 0) is 35.8 Å². The maximum absolute atomic E-state index is 12.9. The molecule has 3 rings (SSSR count). The monoisotopic (exact) mass is 241 g/mol. The summed E-state index contributed by atoms with van der Waals surface area (Å²) in [7, 11) is 0. The Kier molecular flexibility index (Phi) is 2.73. The van der Waals surface area contributed by atoms with Crippen molar-refractivity contribution in [2.45, 2.75) is 12.5 Å². The Morgan fingerprint density at radius 1 is 1.28 bits per heavy atom. The van der Waals surface area contributed by atoms with Crippen molar-refractivity contribution in [3.05, 3.63) is 58.9 Å². The van der Waals surface area contributed by atoms with Crippen molar-refractivity contribution in [2.24, 2.45) is 5.92 Å². The van der Waals surface area contributed by atoms with Crippen LogP contribution in [0.2, 0.25) is 0 Å². The lowest BCUT2D eigenvalue weighted by Crippen LogP contribution is -2.10. The maximum atomic E-state index is 12.9. The van der Waals surface area contributed by atoms with Crippen LogP contribution >= 0.6 is 0 Å². The van der Waals surface area contributed by atoms with E-state index in [4.69, 9.17) is 10.00 Å². The topological polar surface area (TPSA) is 33.0 Å². The van der Waals surface area contributed by atoms with Crippen LogP contribution in [0.5, 0.6) is 0 Å². The van der Waals surface area contributed by atoms with E-state index in [1.807, 2.05) is 12.2 Å². The summed E-state index contributed by atoms with van der Waals surface area (Å²) < 4.78 is 18.7. The lowest BCUT2D eigenvalue weighted by Gasteiger charge is -2.20. The lowest BCUT2D eigenvalue weighted by molar-refractivity contribution is 0.0917. The Balaban J connectivity index is 1.87. The zero-order valence-electron chi connectivity index (χ0n) is 9.77. The Morgan fingerprint density at radius 3 is 2.78 bits per heavy atom. The molecule has 1 aliphatic carbocycles. The summed E-state index contributed by atoms with van der Waals surface area (Å²) >= 11 is 0. The number of rotatable bonds is 1. The highest BCUT2D eigenvalue weighted by atomic mass is 19.1. The Labute approximate surface area is 105 Å². The van der Waals surface area contributed by atoms with E-state index in [1.54, 1.807) is 12.1 Å². The summed E-state index contributed by atoms with van der Waals surface area (Å²) in [6, 6.07) is 8.62. The van der Waals surface area contributed by atoms with Gasteiger partial charge in [-0.3, -0.25) is 0 Å². The third-order valence-corrected chi connectivity index (χ3v) is 3.53. The normalized spacial score (nSPS) is 26.0. The van der Waals surface area contributed by atoms with E-state index in [0.29, 0.717) is 12.2 Å². The number of ether oxygens (including phenoxy) is 1. The van der Waals surface area contributed by atoms with Crippen molar-refractivity contribution in [1.29, 1.82) is 5.26 Å². The zero-order valence-corrected chi connectivity index (χ0v) is 9.77. The maximum Gasteiger partial charge on any atom is 0.123 e. The van der Waals surface area contributed by atoms with Gasteiger partial charge >= 0.3 is 0 Å². The van der Waals surface area contributed by atoms with Crippen LogP contribution in [0.4, 0.5) is 4.39 Å². The summed E-state index contributed by atoms with van der Waals surface area (Å²) in [6.45, 7) is 0.561. The molecule has 0 N–H and O–H groups in total. The van der Waals surface area contributed by atoms with Crippen molar-refractivity contribution < 1.29 is 9.13 Å². The van der Waals surface area contributed by atoms with E-state index in [1.165, 1.54) is 17.7 Å². The molecule has 0 saturated carbocycles. The fourth-order valence-corrected chi connectivity index (χ4v) is 2.60. The van der Waals surface area contributed by atoms with Crippen LogP contribution < -0.4 is 0 Å². The molecule has 0 amide bonds. The molecule has 2 aliphatic rings. The molecule has 0 radical (unpaired) electrons. The lowest BCUT2D eigenvalue weighted by atomic mass is 9.84. The third kappa shape index (κ3) is 1.85. The first kappa shape index (κ1) is 11.2. The fourth-order valence-electron chi connectivity index (χ4n) is 2.60. The number of hydrogen-bond donors (Lipinski definition) is 0. The third-order valence-electron chi connectivity index (χ3n) is 3.53. The van der Waals surface area contributed by atoms with Gasteiger partial charge in [0.15, 0.2) is 0 Å². The first-order valence-corrected chi connectivity index (χ1v) is 5.96. The van der Waals surface area contributed by atoms with Gasteiger partial charge in [-0.1, -0.05) is 18.2 Å². The van der Waals surface area contributed by atoms with E-state index in [0.717, 1.165) is 12.0 Å². The summed E-state index contributed by atoms with van der Waals surface area (Å²) in [5.74, 6) is 0.0513. The predicted molar refractivity (Wildman–Crippen MR) is 65.0 cm³/mol. The van der Waals surface area contributed by atoms with Gasteiger partial charge in [0, 0.05) is 11.5 Å². The Morgan fingerprint density at radius 2 is 2.06 bits per heavy atom. The minimum Gasteiger partial charge on any atom is -0.369 e. The smallest absolute Gasteiger partial charge is 0.123 e. The molecule has 1 aliphatic heterocycles. The molecule has 0 aromatic heterocycles. The van der Waals surface area contributed by atoms with Crippen LogP contribution in [0.1, 0.15) is 18.1 Å². The van der Waals surface area contributed by atoms with Gasteiger partial charge in [0.2, 0.25) is 0 Å². The summed E-state index contributed by atoms with van der Waals surface area (Å²) in [5.41, 5.74) is 2.88. The average Bonchev–Trinajstić information content (AvgIpc) is 2.82. The molecule has 1 fully saturated rings. The van der Waals surface area contributed by atoms with E-state index in [9.17, 15) is 4.39 Å². The molecule has 2 unspecified atom stereocenters. The van der Waals surface area contributed by atoms with Crippen LogP contribution in [0.15, 0.2) is 47.6 Å². The van der Waals surface area contributed by atoms with Crippen LogP contribution in [0.3, 0.4) is 0 Å². The van der Waals surface area contributed by atoms with Crippen molar-refractivity contribution in [3.63, 3.8) is 0 Å². The van der Waals surface area contributed by atoms with E-state index >= 15 is 0 Å². The summed E-state index contributed by atoms with van der Waals surface area (Å²) in [6.07, 6.45) is 4.65. The molecule has 90 valence electrons. The van der Waals surface area contributed by atoms with Gasteiger partial charge in [-0.25, -0.2) is 4.39 Å². The molecule has 1 aromatic rings. The summed E-state index contributed by atoms with van der Waals surface area (Å²) in [4.78, 5) is 0. The predicted octanol–water partition coefficient (Wildman–Crippen LogP) is 3.29. The Bertz CT molecular complexity index is 565. The summed E-state index contributed by atoms with van der Waals surface area (Å²) in [5, 5.41) is 8.88. The second-order valence-electron chi connectivity index (χ2n) is 4.62. The first-order chi connectivity index (χ1) is 8.78. The second-order valence-corrected chi connectivity index (χ2v) is 4.62. The van der Waals surface area contributed by atoms with Crippen molar-refractivity contribution >= 4 is 0 Å². The minimum absolute atomic E-state index is 0.0201. The van der Waals surface area contributed by atoms with E-state index in [2.05, 4.69) is 6.07 Å². The molecule has 1 aromatic carbocycles. The van der Waals surface area contributed by atoms with Crippen LogP contribution in [0.25, 0.3) is 0 Å². The first-order valence-electron chi connectivity index (χ1n) is 5.96. The highest BCUT2D eigenvalue weighted by molar-refractivity contribution is 5.42. The highest BCUT2D eigenvalue weighted by Crippen LogP contribution is 2.42. The van der Waals surface area contributed by atoms with Crippen molar-refractivity contribution in [2.75, 3.05) is 6.61 Å². The molecular formula is C15H12FNO. The number of halogens is 1. The fraction of sp³-hybridized carbons (Fsp3) is 0.267. The number of nitriles is 1. The van der Waals surface area contributed by atoms with Gasteiger partial charge in [0.1, 0.15) is 5.82 Å². The highest BCUT2D eigenvalue weighted by Gasteiger charge is 2.34. The molecule has 0 bridgehead atoms. The van der Waals surface area contributed by atoms with Gasteiger partial charge in [-0.15, -0.1) is 0 Å². The van der Waals surface area contributed by atoms with Gasteiger partial charge in [-0.2, -0.15) is 5.26 Å². The number of benzene rings is 1. The Hall–Kier alpha value is -1.92. The van der Waals surface area contributed by atoms with Gasteiger partial charge < -0.3 is 4.74 Å². The van der Waals surface area contributed by atoms with Gasteiger partial charge in [0.05, 0.1) is 18.8 Å². The molecule has 0 spiro atoms. The molecule has 1 heterocycles. The molecule has 2 nitrogen and oxygen atoms in total. The number of nitrogens with zero attached hydrogens (tertiary/aromatic N) is 1. The van der Waals surface area contributed by atoms with Crippen LogP contribution in [-0.2, 0) is 4.74 Å². The molecule has 18 heavy (non-hydrogen) atoms. The average molecular weight is 241 g/mol. The molecule has 2 atom stereocenters. The molecule has 1 saturated heterocycles. The number of hydrogen-bond acceptors (Lipinski definition) is 2.